The lowest BCUT2D eigenvalue weighted by molar-refractivity contribution is 0.413. The van der Waals surface area contributed by atoms with E-state index >= 15 is 0 Å². The van der Waals surface area contributed by atoms with Crippen LogP contribution in [0.5, 0.6) is 5.75 Å². The highest BCUT2D eigenvalue weighted by Gasteiger charge is 2.24. The molecule has 1 saturated carbocycles. The van der Waals surface area contributed by atoms with Crippen molar-refractivity contribution in [1.29, 1.82) is 0 Å². The summed E-state index contributed by atoms with van der Waals surface area (Å²) >= 11 is 0. The van der Waals surface area contributed by atoms with Crippen molar-refractivity contribution < 1.29 is 9.15 Å². The maximum absolute atomic E-state index is 5.86. The van der Waals surface area contributed by atoms with Crippen LogP contribution >= 0.6 is 0 Å². The molecule has 0 radical (unpaired) electrons. The van der Waals surface area contributed by atoms with Gasteiger partial charge in [-0.2, -0.15) is 0 Å². The standard InChI is InChI=1S/C17H23NO2/c1-17(2,3)15-8-13(19-4)7-14-11(10-20-16(14)15)9-18-12-5-6-12/h7-8,10,12,18H,5-6,9H2,1-4H3. The Morgan fingerprint density at radius 2 is 2.05 bits per heavy atom. The number of rotatable bonds is 4. The predicted octanol–water partition coefficient (Wildman–Crippen LogP) is 3.99. The van der Waals surface area contributed by atoms with Crippen LogP contribution in [0.2, 0.25) is 0 Å². The SMILES string of the molecule is COc1cc(C(C)(C)C)c2occ(CNC3CC3)c2c1. The summed E-state index contributed by atoms with van der Waals surface area (Å²) in [5.41, 5.74) is 3.44. The molecule has 1 aromatic heterocycles. The minimum absolute atomic E-state index is 0.0336. The van der Waals surface area contributed by atoms with Crippen molar-refractivity contribution in [3.05, 3.63) is 29.5 Å². The summed E-state index contributed by atoms with van der Waals surface area (Å²) in [6, 6.07) is 4.87. The third-order valence-corrected chi connectivity index (χ3v) is 3.93. The van der Waals surface area contributed by atoms with Crippen molar-refractivity contribution in [2.45, 2.75) is 51.6 Å². The molecule has 2 aromatic rings. The van der Waals surface area contributed by atoms with Crippen LogP contribution in [0.25, 0.3) is 11.0 Å². The number of methoxy groups -OCH3 is 1. The Balaban J connectivity index is 2.05. The second-order valence-corrected chi connectivity index (χ2v) is 6.72. The number of benzene rings is 1. The summed E-state index contributed by atoms with van der Waals surface area (Å²) in [5, 5.41) is 4.71. The van der Waals surface area contributed by atoms with E-state index in [0.29, 0.717) is 6.04 Å². The fourth-order valence-corrected chi connectivity index (χ4v) is 2.51. The molecule has 0 saturated heterocycles. The minimum Gasteiger partial charge on any atom is -0.497 e. The van der Waals surface area contributed by atoms with Gasteiger partial charge in [-0.05, 0) is 30.4 Å². The van der Waals surface area contributed by atoms with Crippen molar-refractivity contribution >= 4 is 11.0 Å². The number of furan rings is 1. The fourth-order valence-electron chi connectivity index (χ4n) is 2.51. The Hall–Kier alpha value is -1.48. The summed E-state index contributed by atoms with van der Waals surface area (Å²) in [5.74, 6) is 0.900. The van der Waals surface area contributed by atoms with E-state index in [-0.39, 0.29) is 5.41 Å². The molecule has 1 heterocycles. The van der Waals surface area contributed by atoms with Gasteiger partial charge < -0.3 is 14.5 Å². The van der Waals surface area contributed by atoms with Crippen LogP contribution in [0.3, 0.4) is 0 Å². The predicted molar refractivity (Wildman–Crippen MR) is 81.3 cm³/mol. The van der Waals surface area contributed by atoms with Crippen LogP contribution in [0, 0.1) is 0 Å². The molecule has 0 atom stereocenters. The molecular formula is C17H23NO2. The van der Waals surface area contributed by atoms with E-state index in [1.54, 1.807) is 7.11 Å². The zero-order valence-corrected chi connectivity index (χ0v) is 12.7. The van der Waals surface area contributed by atoms with Gasteiger partial charge in [0, 0.05) is 29.1 Å². The second-order valence-electron chi connectivity index (χ2n) is 6.72. The lowest BCUT2D eigenvalue weighted by Crippen LogP contribution is -2.15. The van der Waals surface area contributed by atoms with E-state index in [0.717, 1.165) is 17.9 Å². The van der Waals surface area contributed by atoms with Gasteiger partial charge in [0.2, 0.25) is 0 Å². The third kappa shape index (κ3) is 2.55. The Morgan fingerprint density at radius 1 is 1.30 bits per heavy atom. The van der Waals surface area contributed by atoms with Gasteiger partial charge in [0.15, 0.2) is 0 Å². The second kappa shape index (κ2) is 4.81. The van der Waals surface area contributed by atoms with Crippen LogP contribution in [0.15, 0.2) is 22.8 Å². The first-order valence-electron chi connectivity index (χ1n) is 7.31. The van der Waals surface area contributed by atoms with Crippen molar-refractivity contribution in [2.24, 2.45) is 0 Å². The average molecular weight is 273 g/mol. The Bertz CT molecular complexity index is 618. The molecule has 1 fully saturated rings. The van der Waals surface area contributed by atoms with Crippen LogP contribution < -0.4 is 10.1 Å². The van der Waals surface area contributed by atoms with Gasteiger partial charge in [-0.3, -0.25) is 0 Å². The van der Waals surface area contributed by atoms with E-state index in [9.17, 15) is 0 Å². The van der Waals surface area contributed by atoms with E-state index in [1.165, 1.54) is 29.4 Å². The lowest BCUT2D eigenvalue weighted by Gasteiger charge is -2.20. The van der Waals surface area contributed by atoms with Gasteiger partial charge in [-0.25, -0.2) is 0 Å². The summed E-state index contributed by atoms with van der Waals surface area (Å²) in [7, 11) is 1.72. The molecule has 3 nitrogen and oxygen atoms in total. The van der Waals surface area contributed by atoms with Crippen molar-refractivity contribution in [3.8, 4) is 5.75 Å². The Labute approximate surface area is 120 Å². The molecule has 0 unspecified atom stereocenters. The third-order valence-electron chi connectivity index (χ3n) is 3.93. The topological polar surface area (TPSA) is 34.4 Å². The lowest BCUT2D eigenvalue weighted by atomic mass is 9.85. The zero-order chi connectivity index (χ0) is 14.3. The van der Waals surface area contributed by atoms with Gasteiger partial charge in [-0.1, -0.05) is 20.8 Å². The monoisotopic (exact) mass is 273 g/mol. The number of fused-ring (bicyclic) bond motifs is 1. The van der Waals surface area contributed by atoms with Gasteiger partial charge in [0.25, 0.3) is 0 Å². The molecule has 0 bridgehead atoms. The molecule has 1 aromatic carbocycles. The normalized spacial score (nSPS) is 15.8. The van der Waals surface area contributed by atoms with Gasteiger partial charge in [0.1, 0.15) is 11.3 Å². The highest BCUT2D eigenvalue weighted by molar-refractivity contribution is 5.86. The molecule has 0 aliphatic heterocycles. The first-order valence-corrected chi connectivity index (χ1v) is 7.31. The van der Waals surface area contributed by atoms with Gasteiger partial charge in [-0.15, -0.1) is 0 Å². The fraction of sp³-hybridized carbons (Fsp3) is 0.529. The van der Waals surface area contributed by atoms with Gasteiger partial charge >= 0.3 is 0 Å². The van der Waals surface area contributed by atoms with E-state index in [2.05, 4.69) is 38.2 Å². The number of ether oxygens (including phenoxy) is 1. The van der Waals surface area contributed by atoms with E-state index < -0.39 is 0 Å². The summed E-state index contributed by atoms with van der Waals surface area (Å²) in [6.07, 6.45) is 4.48. The number of hydrogen-bond acceptors (Lipinski definition) is 3. The Kier molecular flexibility index (Phi) is 3.25. The van der Waals surface area contributed by atoms with Crippen LogP contribution in [0.4, 0.5) is 0 Å². The highest BCUT2D eigenvalue weighted by Crippen LogP contribution is 2.36. The molecule has 20 heavy (non-hydrogen) atoms. The van der Waals surface area contributed by atoms with Crippen LogP contribution in [-0.2, 0) is 12.0 Å². The van der Waals surface area contributed by atoms with Crippen molar-refractivity contribution in [2.75, 3.05) is 7.11 Å². The number of hydrogen-bond donors (Lipinski definition) is 1. The maximum atomic E-state index is 5.86. The Morgan fingerprint density at radius 3 is 2.65 bits per heavy atom. The summed E-state index contributed by atoms with van der Waals surface area (Å²) in [6.45, 7) is 7.47. The zero-order valence-electron chi connectivity index (χ0n) is 12.7. The van der Waals surface area contributed by atoms with E-state index in [4.69, 9.17) is 9.15 Å². The van der Waals surface area contributed by atoms with Crippen LogP contribution in [-0.4, -0.2) is 13.2 Å². The molecule has 3 heteroatoms. The molecule has 1 aliphatic carbocycles. The highest BCUT2D eigenvalue weighted by atomic mass is 16.5. The van der Waals surface area contributed by atoms with Gasteiger partial charge in [0.05, 0.1) is 13.4 Å². The molecular weight excluding hydrogens is 250 g/mol. The molecule has 1 aliphatic rings. The maximum Gasteiger partial charge on any atom is 0.138 e. The molecule has 3 rings (SSSR count). The number of nitrogens with one attached hydrogen (secondary N) is 1. The average Bonchev–Trinajstić information content (AvgIpc) is 3.14. The molecule has 108 valence electrons. The van der Waals surface area contributed by atoms with Crippen molar-refractivity contribution in [3.63, 3.8) is 0 Å². The minimum atomic E-state index is 0.0336. The first kappa shape index (κ1) is 13.5. The largest absolute Gasteiger partial charge is 0.497 e. The summed E-state index contributed by atoms with van der Waals surface area (Å²) < 4.78 is 11.3. The molecule has 0 spiro atoms. The molecule has 1 N–H and O–H groups in total. The molecule has 0 amide bonds. The van der Waals surface area contributed by atoms with Crippen molar-refractivity contribution in [1.82, 2.24) is 5.32 Å². The summed E-state index contributed by atoms with van der Waals surface area (Å²) in [4.78, 5) is 0. The smallest absolute Gasteiger partial charge is 0.138 e. The van der Waals surface area contributed by atoms with Crippen LogP contribution in [0.1, 0.15) is 44.7 Å². The quantitative estimate of drug-likeness (QED) is 0.914. The first-order chi connectivity index (χ1) is 9.49. The van der Waals surface area contributed by atoms with E-state index in [1.807, 2.05) is 6.26 Å².